The Morgan fingerprint density at radius 3 is 2.56 bits per heavy atom. The van der Waals surface area contributed by atoms with Crippen LogP contribution >= 0.6 is 0 Å². The van der Waals surface area contributed by atoms with E-state index < -0.39 is 0 Å². The van der Waals surface area contributed by atoms with Crippen LogP contribution in [-0.2, 0) is 0 Å². The summed E-state index contributed by atoms with van der Waals surface area (Å²) >= 11 is 0. The van der Waals surface area contributed by atoms with Crippen molar-refractivity contribution in [3.63, 3.8) is 0 Å². The zero-order valence-corrected chi connectivity index (χ0v) is 11.9. The van der Waals surface area contributed by atoms with Crippen LogP contribution < -0.4 is 11.1 Å². The van der Waals surface area contributed by atoms with Crippen molar-refractivity contribution in [3.8, 4) is 0 Å². The lowest BCUT2D eigenvalue weighted by molar-refractivity contribution is 0.160. The molecule has 1 unspecified atom stereocenters. The van der Waals surface area contributed by atoms with Crippen LogP contribution in [0.25, 0.3) is 0 Å². The first kappa shape index (κ1) is 17.2. The highest BCUT2D eigenvalue weighted by molar-refractivity contribution is 5.85. The van der Waals surface area contributed by atoms with Crippen molar-refractivity contribution < 1.29 is 10.3 Å². The van der Waals surface area contributed by atoms with Crippen LogP contribution in [0.3, 0.4) is 0 Å². The van der Waals surface area contributed by atoms with Gasteiger partial charge in [-0.15, -0.1) is 0 Å². The number of aliphatic hydroxyl groups is 1. The molecule has 0 spiro atoms. The van der Waals surface area contributed by atoms with Gasteiger partial charge in [0.25, 0.3) is 0 Å². The lowest BCUT2D eigenvalue weighted by Crippen LogP contribution is -2.32. The molecular weight excluding hydrogens is 230 g/mol. The Morgan fingerprint density at radius 1 is 1.33 bits per heavy atom. The Balaban J connectivity index is 3.51. The molecule has 5 N–H and O–H groups in total. The fourth-order valence-electron chi connectivity index (χ4n) is 1.68. The first-order valence-corrected chi connectivity index (χ1v) is 6.80. The number of nitrogens with two attached hydrogens (primary N) is 1. The second-order valence-electron chi connectivity index (χ2n) is 5.43. The molecule has 0 saturated carbocycles. The number of nitrogens with zero attached hydrogens (tertiary/aromatic N) is 1. The number of nitrogens with one attached hydrogen (secondary N) is 1. The van der Waals surface area contributed by atoms with Crippen LogP contribution in [0.2, 0.25) is 0 Å². The minimum atomic E-state index is -0.243. The molecule has 0 aromatic rings. The minimum Gasteiger partial charge on any atom is -0.409 e. The maximum atomic E-state index is 9.36. The smallest absolute Gasteiger partial charge is 0.144 e. The molecule has 0 aromatic heterocycles. The number of amidine groups is 1. The van der Waals surface area contributed by atoms with E-state index in [0.29, 0.717) is 5.84 Å². The van der Waals surface area contributed by atoms with E-state index in [0.717, 1.165) is 45.2 Å². The fourth-order valence-corrected chi connectivity index (χ4v) is 1.68. The quantitative estimate of drug-likeness (QED) is 0.158. The average molecular weight is 259 g/mol. The first-order chi connectivity index (χ1) is 8.44. The van der Waals surface area contributed by atoms with E-state index in [2.05, 4.69) is 10.5 Å². The van der Waals surface area contributed by atoms with Gasteiger partial charge in [0.15, 0.2) is 0 Å². The molecule has 108 valence electrons. The average Bonchev–Trinajstić information content (AvgIpc) is 2.35. The second kappa shape index (κ2) is 9.16. The number of aliphatic hydroxyl groups excluding tert-OH is 1. The monoisotopic (exact) mass is 259 g/mol. The SMILES string of the molecule is CCC(O)CCNCCCCC(C)(C)C(N)=NO. The molecule has 0 heterocycles. The summed E-state index contributed by atoms with van der Waals surface area (Å²) in [6.45, 7) is 7.75. The summed E-state index contributed by atoms with van der Waals surface area (Å²) in [5.41, 5.74) is 5.38. The molecule has 5 heteroatoms. The minimum absolute atomic E-state index is 0.183. The van der Waals surface area contributed by atoms with Crippen LogP contribution in [0, 0.1) is 5.41 Å². The summed E-state index contributed by atoms with van der Waals surface area (Å²) in [6.07, 6.45) is 4.44. The molecule has 0 bridgehead atoms. The van der Waals surface area contributed by atoms with Crippen molar-refractivity contribution in [1.82, 2.24) is 5.32 Å². The van der Waals surface area contributed by atoms with Gasteiger partial charge >= 0.3 is 0 Å². The van der Waals surface area contributed by atoms with E-state index in [-0.39, 0.29) is 11.5 Å². The molecule has 0 saturated heterocycles. The summed E-state index contributed by atoms with van der Waals surface area (Å²) in [5.74, 6) is 0.293. The lowest BCUT2D eigenvalue weighted by atomic mass is 9.86. The highest BCUT2D eigenvalue weighted by atomic mass is 16.4. The van der Waals surface area contributed by atoms with E-state index in [4.69, 9.17) is 10.9 Å². The van der Waals surface area contributed by atoms with Crippen molar-refractivity contribution in [2.75, 3.05) is 13.1 Å². The largest absolute Gasteiger partial charge is 0.409 e. The maximum absolute atomic E-state index is 9.36. The Hall–Kier alpha value is -0.810. The molecule has 0 fully saturated rings. The number of oxime groups is 1. The van der Waals surface area contributed by atoms with Gasteiger partial charge in [-0.3, -0.25) is 0 Å². The van der Waals surface area contributed by atoms with E-state index in [1.807, 2.05) is 20.8 Å². The van der Waals surface area contributed by atoms with Crippen molar-refractivity contribution in [1.29, 1.82) is 0 Å². The van der Waals surface area contributed by atoms with Crippen LogP contribution in [0.4, 0.5) is 0 Å². The van der Waals surface area contributed by atoms with Gasteiger partial charge in [-0.1, -0.05) is 32.3 Å². The summed E-state index contributed by atoms with van der Waals surface area (Å²) in [6, 6.07) is 0. The van der Waals surface area contributed by atoms with Crippen LogP contribution in [0.1, 0.15) is 52.9 Å². The predicted molar refractivity (Wildman–Crippen MR) is 74.8 cm³/mol. The van der Waals surface area contributed by atoms with Gasteiger partial charge in [0.05, 0.1) is 6.10 Å². The van der Waals surface area contributed by atoms with Gasteiger partial charge in [-0.25, -0.2) is 0 Å². The Labute approximate surface area is 110 Å². The zero-order valence-electron chi connectivity index (χ0n) is 11.9. The number of unbranched alkanes of at least 4 members (excludes halogenated alkanes) is 1. The third kappa shape index (κ3) is 7.50. The molecule has 0 aliphatic carbocycles. The first-order valence-electron chi connectivity index (χ1n) is 6.80. The normalized spacial score (nSPS) is 14.8. The zero-order chi connectivity index (χ0) is 14.0. The number of rotatable bonds is 10. The molecule has 0 rings (SSSR count). The van der Waals surface area contributed by atoms with E-state index in [1.54, 1.807) is 0 Å². The van der Waals surface area contributed by atoms with E-state index >= 15 is 0 Å². The van der Waals surface area contributed by atoms with Gasteiger partial charge in [0.2, 0.25) is 0 Å². The molecule has 5 nitrogen and oxygen atoms in total. The van der Waals surface area contributed by atoms with Crippen molar-refractivity contribution in [3.05, 3.63) is 0 Å². The topological polar surface area (TPSA) is 90.9 Å². The van der Waals surface area contributed by atoms with E-state index in [1.165, 1.54) is 0 Å². The molecule has 0 aliphatic heterocycles. The summed E-state index contributed by atoms with van der Waals surface area (Å²) in [4.78, 5) is 0. The standard InChI is InChI=1S/C13H29N3O2/c1-4-11(17)7-10-15-9-6-5-8-13(2,3)12(14)16-18/h11,15,17-18H,4-10H2,1-3H3,(H2,14,16). The summed E-state index contributed by atoms with van der Waals surface area (Å²) in [5, 5.41) is 24.4. The third-order valence-electron chi connectivity index (χ3n) is 3.33. The number of hydrogen-bond acceptors (Lipinski definition) is 4. The fraction of sp³-hybridized carbons (Fsp3) is 0.923. The lowest BCUT2D eigenvalue weighted by Gasteiger charge is -2.22. The number of hydrogen-bond donors (Lipinski definition) is 4. The summed E-state index contributed by atoms with van der Waals surface area (Å²) < 4.78 is 0. The Kier molecular flexibility index (Phi) is 8.75. The van der Waals surface area contributed by atoms with E-state index in [9.17, 15) is 5.11 Å². The highest BCUT2D eigenvalue weighted by Crippen LogP contribution is 2.22. The van der Waals surface area contributed by atoms with Crippen LogP contribution in [0.5, 0.6) is 0 Å². The van der Waals surface area contributed by atoms with Crippen molar-refractivity contribution >= 4 is 5.84 Å². The molecule has 0 radical (unpaired) electrons. The molecule has 0 aromatic carbocycles. The molecule has 0 amide bonds. The Morgan fingerprint density at radius 2 is 2.00 bits per heavy atom. The molecular formula is C13H29N3O2. The van der Waals surface area contributed by atoms with Crippen molar-refractivity contribution in [2.24, 2.45) is 16.3 Å². The van der Waals surface area contributed by atoms with Gasteiger partial charge in [-0.05, 0) is 38.8 Å². The molecule has 1 atom stereocenters. The van der Waals surface area contributed by atoms with Crippen LogP contribution in [-0.4, -0.2) is 35.3 Å². The summed E-state index contributed by atoms with van der Waals surface area (Å²) in [7, 11) is 0. The van der Waals surface area contributed by atoms with Crippen LogP contribution in [0.15, 0.2) is 5.16 Å². The van der Waals surface area contributed by atoms with Crippen molar-refractivity contribution in [2.45, 2.75) is 59.0 Å². The third-order valence-corrected chi connectivity index (χ3v) is 3.33. The Bertz CT molecular complexity index is 242. The van der Waals surface area contributed by atoms with Gasteiger partial charge in [-0.2, -0.15) is 0 Å². The molecule has 18 heavy (non-hydrogen) atoms. The molecule has 0 aliphatic rings. The van der Waals surface area contributed by atoms with Gasteiger partial charge in [0.1, 0.15) is 5.84 Å². The van der Waals surface area contributed by atoms with Gasteiger partial charge < -0.3 is 21.4 Å². The van der Waals surface area contributed by atoms with Gasteiger partial charge in [0, 0.05) is 5.41 Å². The second-order valence-corrected chi connectivity index (χ2v) is 5.43. The highest BCUT2D eigenvalue weighted by Gasteiger charge is 2.22. The maximum Gasteiger partial charge on any atom is 0.144 e. The predicted octanol–water partition coefficient (Wildman–Crippen LogP) is 1.68.